The first kappa shape index (κ1) is 13.8. The van der Waals surface area contributed by atoms with Gasteiger partial charge in [0, 0.05) is 18.5 Å². The van der Waals surface area contributed by atoms with Gasteiger partial charge in [-0.05, 0) is 31.4 Å². The topological polar surface area (TPSA) is 37.4 Å². The van der Waals surface area contributed by atoms with Gasteiger partial charge in [0.25, 0.3) is 0 Å². The first-order chi connectivity index (χ1) is 8.57. The van der Waals surface area contributed by atoms with Crippen molar-refractivity contribution in [2.45, 2.75) is 43.0 Å². The summed E-state index contributed by atoms with van der Waals surface area (Å²) in [5, 5.41) is 0. The van der Waals surface area contributed by atoms with Crippen molar-refractivity contribution in [3.8, 4) is 0 Å². The van der Waals surface area contributed by atoms with E-state index in [1.807, 2.05) is 13.0 Å². The molecule has 1 heterocycles. The van der Waals surface area contributed by atoms with Crippen molar-refractivity contribution in [3.05, 3.63) is 29.8 Å². The summed E-state index contributed by atoms with van der Waals surface area (Å²) >= 11 is 5.83. The van der Waals surface area contributed by atoms with Crippen molar-refractivity contribution in [1.29, 1.82) is 0 Å². The van der Waals surface area contributed by atoms with E-state index in [0.29, 0.717) is 17.0 Å². The van der Waals surface area contributed by atoms with Crippen LogP contribution in [0.4, 0.5) is 0 Å². The Hall–Kier alpha value is -0.580. The van der Waals surface area contributed by atoms with Crippen molar-refractivity contribution < 1.29 is 8.42 Å². The summed E-state index contributed by atoms with van der Waals surface area (Å²) in [6, 6.07) is 7.06. The van der Waals surface area contributed by atoms with Crippen LogP contribution >= 0.6 is 11.6 Å². The molecule has 5 heteroatoms. The van der Waals surface area contributed by atoms with Crippen LogP contribution in [-0.4, -0.2) is 25.3 Å². The molecule has 0 aromatic heterocycles. The van der Waals surface area contributed by atoms with Crippen molar-refractivity contribution >= 4 is 21.6 Å². The van der Waals surface area contributed by atoms with E-state index in [4.69, 9.17) is 11.6 Å². The standard InChI is InChI=1S/C13H18ClNO2S/c1-11-6-4-5-9-15(11)18(16,17)13-8-3-2-7-12(13)10-14/h2-3,7-8,11H,4-6,9-10H2,1H3. The van der Waals surface area contributed by atoms with Crippen LogP contribution in [0, 0.1) is 0 Å². The number of nitrogens with zero attached hydrogens (tertiary/aromatic N) is 1. The highest BCUT2D eigenvalue weighted by Crippen LogP contribution is 2.27. The molecule has 1 aromatic rings. The Labute approximate surface area is 114 Å². The van der Waals surface area contributed by atoms with Crippen LogP contribution in [-0.2, 0) is 15.9 Å². The molecule has 3 nitrogen and oxygen atoms in total. The Bertz CT molecular complexity index is 515. The Morgan fingerprint density at radius 3 is 2.72 bits per heavy atom. The lowest BCUT2D eigenvalue weighted by atomic mass is 10.1. The number of sulfonamides is 1. The summed E-state index contributed by atoms with van der Waals surface area (Å²) in [7, 11) is -3.41. The third-order valence-electron chi connectivity index (χ3n) is 3.45. The highest BCUT2D eigenvalue weighted by atomic mass is 35.5. The van der Waals surface area contributed by atoms with Crippen molar-refractivity contribution in [3.63, 3.8) is 0 Å². The van der Waals surface area contributed by atoms with Gasteiger partial charge in [0.15, 0.2) is 0 Å². The first-order valence-electron chi connectivity index (χ1n) is 6.23. The predicted molar refractivity (Wildman–Crippen MR) is 73.2 cm³/mol. The van der Waals surface area contributed by atoms with Gasteiger partial charge in [0.1, 0.15) is 0 Å². The molecule has 0 N–H and O–H groups in total. The number of hydrogen-bond donors (Lipinski definition) is 0. The molecule has 1 atom stereocenters. The zero-order valence-corrected chi connectivity index (χ0v) is 12.0. The third-order valence-corrected chi connectivity index (χ3v) is 5.85. The zero-order valence-electron chi connectivity index (χ0n) is 10.5. The smallest absolute Gasteiger partial charge is 0.207 e. The Balaban J connectivity index is 2.41. The van der Waals surface area contributed by atoms with Gasteiger partial charge in [0.05, 0.1) is 4.90 Å². The number of hydrogen-bond acceptors (Lipinski definition) is 2. The number of alkyl halides is 1. The highest BCUT2D eigenvalue weighted by Gasteiger charge is 2.31. The second kappa shape index (κ2) is 5.59. The van der Waals surface area contributed by atoms with Gasteiger partial charge in [-0.1, -0.05) is 24.6 Å². The summed E-state index contributed by atoms with van der Waals surface area (Å²) in [5.74, 6) is 0.220. The molecule has 0 amide bonds. The summed E-state index contributed by atoms with van der Waals surface area (Å²) < 4.78 is 26.9. The van der Waals surface area contributed by atoms with Gasteiger partial charge >= 0.3 is 0 Å². The molecule has 1 saturated heterocycles. The van der Waals surface area contributed by atoms with Crippen LogP contribution in [0.1, 0.15) is 31.7 Å². The maximum atomic E-state index is 12.6. The minimum Gasteiger partial charge on any atom is -0.207 e. The van der Waals surface area contributed by atoms with Gasteiger partial charge in [-0.25, -0.2) is 8.42 Å². The fourth-order valence-electron chi connectivity index (χ4n) is 2.42. The lowest BCUT2D eigenvalue weighted by Gasteiger charge is -2.32. The van der Waals surface area contributed by atoms with Crippen LogP contribution in [0.25, 0.3) is 0 Å². The highest BCUT2D eigenvalue weighted by molar-refractivity contribution is 7.89. The summed E-state index contributed by atoms with van der Waals surface area (Å²) in [6.45, 7) is 2.58. The lowest BCUT2D eigenvalue weighted by molar-refractivity contribution is 0.268. The van der Waals surface area contributed by atoms with Gasteiger partial charge in [-0.15, -0.1) is 11.6 Å². The van der Waals surface area contributed by atoms with Gasteiger partial charge in [0.2, 0.25) is 10.0 Å². The predicted octanol–water partition coefficient (Wildman–Crippen LogP) is 2.99. The maximum Gasteiger partial charge on any atom is 0.243 e. The molecule has 1 aliphatic rings. The molecule has 1 unspecified atom stereocenters. The van der Waals surface area contributed by atoms with E-state index in [9.17, 15) is 8.42 Å². The molecule has 0 aliphatic carbocycles. The lowest BCUT2D eigenvalue weighted by Crippen LogP contribution is -2.42. The SMILES string of the molecule is CC1CCCCN1S(=O)(=O)c1ccccc1CCl. The molecule has 0 saturated carbocycles. The van der Waals surface area contributed by atoms with Gasteiger partial charge in [-0.2, -0.15) is 4.31 Å². The first-order valence-corrected chi connectivity index (χ1v) is 8.20. The molecule has 1 fully saturated rings. The van der Waals surface area contributed by atoms with E-state index in [0.717, 1.165) is 19.3 Å². The van der Waals surface area contributed by atoms with E-state index in [-0.39, 0.29) is 11.9 Å². The maximum absolute atomic E-state index is 12.6. The zero-order chi connectivity index (χ0) is 13.2. The molecule has 18 heavy (non-hydrogen) atoms. The summed E-state index contributed by atoms with van der Waals surface area (Å²) in [4.78, 5) is 0.355. The largest absolute Gasteiger partial charge is 0.243 e. The van der Waals surface area contributed by atoms with E-state index in [1.54, 1.807) is 22.5 Å². The third kappa shape index (κ3) is 2.56. The van der Waals surface area contributed by atoms with Crippen molar-refractivity contribution in [2.75, 3.05) is 6.54 Å². The Kier molecular flexibility index (Phi) is 4.30. The molecular weight excluding hydrogens is 270 g/mol. The molecule has 0 radical (unpaired) electrons. The van der Waals surface area contributed by atoms with E-state index < -0.39 is 10.0 Å². The van der Waals surface area contributed by atoms with Crippen LogP contribution in [0.3, 0.4) is 0 Å². The molecule has 0 bridgehead atoms. The van der Waals surface area contributed by atoms with Crippen LogP contribution in [0.15, 0.2) is 29.2 Å². The molecule has 1 aromatic carbocycles. The summed E-state index contributed by atoms with van der Waals surface area (Å²) in [6.07, 6.45) is 2.97. The van der Waals surface area contributed by atoms with E-state index in [2.05, 4.69) is 0 Å². The van der Waals surface area contributed by atoms with Crippen molar-refractivity contribution in [2.24, 2.45) is 0 Å². The number of piperidine rings is 1. The molecule has 0 spiro atoms. The molecule has 100 valence electrons. The minimum absolute atomic E-state index is 0.0760. The van der Waals surface area contributed by atoms with E-state index in [1.165, 1.54) is 0 Å². The number of rotatable bonds is 3. The fraction of sp³-hybridized carbons (Fsp3) is 0.538. The quantitative estimate of drug-likeness (QED) is 0.802. The van der Waals surface area contributed by atoms with Crippen LogP contribution in [0.5, 0.6) is 0 Å². The van der Waals surface area contributed by atoms with Gasteiger partial charge < -0.3 is 0 Å². The van der Waals surface area contributed by atoms with Crippen LogP contribution < -0.4 is 0 Å². The second-order valence-electron chi connectivity index (χ2n) is 4.70. The summed E-state index contributed by atoms with van der Waals surface area (Å²) in [5.41, 5.74) is 0.678. The Morgan fingerprint density at radius 2 is 2.06 bits per heavy atom. The Morgan fingerprint density at radius 1 is 1.33 bits per heavy atom. The second-order valence-corrected chi connectivity index (χ2v) is 6.83. The average molecular weight is 288 g/mol. The number of halogens is 1. The molecule has 1 aliphatic heterocycles. The molecular formula is C13H18ClNO2S. The average Bonchev–Trinajstić information content (AvgIpc) is 2.39. The normalized spacial score (nSPS) is 22.0. The van der Waals surface area contributed by atoms with Crippen molar-refractivity contribution in [1.82, 2.24) is 4.31 Å². The minimum atomic E-state index is -3.41. The number of benzene rings is 1. The fourth-order valence-corrected chi connectivity index (χ4v) is 4.66. The van der Waals surface area contributed by atoms with Crippen LogP contribution in [0.2, 0.25) is 0 Å². The van der Waals surface area contributed by atoms with E-state index >= 15 is 0 Å². The van der Waals surface area contributed by atoms with Gasteiger partial charge in [-0.3, -0.25) is 0 Å². The monoisotopic (exact) mass is 287 g/mol. The molecule has 2 rings (SSSR count).